The lowest BCUT2D eigenvalue weighted by atomic mass is 10.1. The third-order valence-electron chi connectivity index (χ3n) is 5.04. The SMILES string of the molecule is C=CC(=O)OCCCCOc1ccc(C=Nc2ccc(OC(=O)/C=C/c3ccc(C#N)cc3)c(Cl)c2)cc1. The van der Waals surface area contributed by atoms with Crippen molar-refractivity contribution in [3.8, 4) is 17.6 Å². The Balaban J connectivity index is 1.46. The molecule has 0 radical (unpaired) electrons. The molecule has 0 fully saturated rings. The number of nitrogens with zero attached hydrogens (tertiary/aromatic N) is 2. The van der Waals surface area contributed by atoms with Gasteiger partial charge in [-0.3, -0.25) is 4.99 Å². The summed E-state index contributed by atoms with van der Waals surface area (Å²) >= 11 is 6.28. The van der Waals surface area contributed by atoms with Crippen LogP contribution in [0.25, 0.3) is 6.08 Å². The number of carbonyl (C=O) groups excluding carboxylic acids is 2. The zero-order valence-electron chi connectivity index (χ0n) is 20.5. The number of benzene rings is 3. The topological polar surface area (TPSA) is 98.0 Å². The maximum absolute atomic E-state index is 12.2. The zero-order chi connectivity index (χ0) is 27.2. The summed E-state index contributed by atoms with van der Waals surface area (Å²) in [7, 11) is 0. The van der Waals surface area contributed by atoms with E-state index in [1.807, 2.05) is 30.3 Å². The number of unbranched alkanes of at least 4 members (excludes halogenated alkanes) is 1. The molecule has 0 unspecified atom stereocenters. The molecule has 7 nitrogen and oxygen atoms in total. The Labute approximate surface area is 226 Å². The summed E-state index contributed by atoms with van der Waals surface area (Å²) in [5.74, 6) is -0.0475. The van der Waals surface area contributed by atoms with Crippen molar-refractivity contribution in [3.05, 3.63) is 107 Å². The van der Waals surface area contributed by atoms with Crippen molar-refractivity contribution >= 4 is 41.5 Å². The molecule has 0 heterocycles. The Kier molecular flexibility index (Phi) is 10.9. The molecule has 192 valence electrons. The molecule has 0 aliphatic rings. The first-order valence-corrected chi connectivity index (χ1v) is 12.1. The second kappa shape index (κ2) is 14.8. The summed E-state index contributed by atoms with van der Waals surface area (Å²) in [5, 5.41) is 9.09. The Morgan fingerprint density at radius 1 is 0.947 bits per heavy atom. The Morgan fingerprint density at radius 3 is 2.34 bits per heavy atom. The van der Waals surface area contributed by atoms with Crippen molar-refractivity contribution in [2.75, 3.05) is 13.2 Å². The average molecular weight is 529 g/mol. The van der Waals surface area contributed by atoms with Gasteiger partial charge >= 0.3 is 11.9 Å². The summed E-state index contributed by atoms with van der Waals surface area (Å²) in [6.07, 6.45) is 7.18. The van der Waals surface area contributed by atoms with Crippen LogP contribution in [0.4, 0.5) is 5.69 Å². The van der Waals surface area contributed by atoms with Crippen LogP contribution in [0.1, 0.15) is 29.5 Å². The van der Waals surface area contributed by atoms with Crippen molar-refractivity contribution in [2.45, 2.75) is 12.8 Å². The minimum atomic E-state index is -0.578. The standard InChI is InChI=1S/C30H25ClN2O5/c1-2-29(34)37-18-4-3-17-36-26-13-9-24(10-14-26)21-33-25-12-15-28(27(31)19-25)38-30(35)16-11-22-5-7-23(20-32)8-6-22/h2,5-16,19,21H,1,3-4,17-18H2/b16-11+,33-21?. The number of ether oxygens (including phenoxy) is 3. The molecular formula is C30H25ClN2O5. The number of halogens is 1. The number of rotatable bonds is 12. The molecule has 0 N–H and O–H groups in total. The third kappa shape index (κ3) is 9.41. The summed E-state index contributed by atoms with van der Waals surface area (Å²) in [5.41, 5.74) is 2.77. The molecule has 0 spiro atoms. The van der Waals surface area contributed by atoms with Crippen LogP contribution in [0.5, 0.6) is 11.5 Å². The summed E-state index contributed by atoms with van der Waals surface area (Å²) in [6, 6.07) is 21.2. The maximum Gasteiger partial charge on any atom is 0.336 e. The van der Waals surface area contributed by atoms with Crippen molar-refractivity contribution in [2.24, 2.45) is 4.99 Å². The fraction of sp³-hybridized carbons (Fsp3) is 0.133. The van der Waals surface area contributed by atoms with Gasteiger partial charge in [-0.25, -0.2) is 9.59 Å². The number of carbonyl (C=O) groups is 2. The fourth-order valence-electron chi connectivity index (χ4n) is 3.05. The summed E-state index contributed by atoms with van der Waals surface area (Å²) < 4.78 is 15.9. The first-order chi connectivity index (χ1) is 18.5. The van der Waals surface area contributed by atoms with Gasteiger partial charge in [0.25, 0.3) is 0 Å². The van der Waals surface area contributed by atoms with E-state index in [2.05, 4.69) is 11.6 Å². The highest BCUT2D eigenvalue weighted by atomic mass is 35.5. The number of nitriles is 1. The lowest BCUT2D eigenvalue weighted by Gasteiger charge is -2.06. The molecule has 0 atom stereocenters. The van der Waals surface area contributed by atoms with E-state index < -0.39 is 11.9 Å². The largest absolute Gasteiger partial charge is 0.494 e. The molecule has 0 saturated carbocycles. The van der Waals surface area contributed by atoms with E-state index in [9.17, 15) is 9.59 Å². The van der Waals surface area contributed by atoms with Crippen molar-refractivity contribution in [3.63, 3.8) is 0 Å². The Bertz CT molecular complexity index is 1360. The molecule has 0 amide bonds. The van der Waals surface area contributed by atoms with Crippen molar-refractivity contribution in [1.29, 1.82) is 5.26 Å². The number of aliphatic imine (C=N–C) groups is 1. The molecule has 3 rings (SSSR count). The summed E-state index contributed by atoms with van der Waals surface area (Å²) in [6.45, 7) is 4.20. The minimum absolute atomic E-state index is 0.223. The third-order valence-corrected chi connectivity index (χ3v) is 5.33. The van der Waals surface area contributed by atoms with Gasteiger partial charge in [0.2, 0.25) is 0 Å². The van der Waals surface area contributed by atoms with E-state index in [1.165, 1.54) is 6.08 Å². The van der Waals surface area contributed by atoms with Crippen LogP contribution in [0.15, 0.2) is 90.5 Å². The van der Waals surface area contributed by atoms with Crippen LogP contribution in [-0.2, 0) is 14.3 Å². The normalized spacial score (nSPS) is 10.7. The van der Waals surface area contributed by atoms with Crippen molar-refractivity contribution in [1.82, 2.24) is 0 Å². The monoisotopic (exact) mass is 528 g/mol. The Morgan fingerprint density at radius 2 is 1.66 bits per heavy atom. The highest BCUT2D eigenvalue weighted by Crippen LogP contribution is 2.29. The highest BCUT2D eigenvalue weighted by Gasteiger charge is 2.07. The van der Waals surface area contributed by atoms with Crippen LogP contribution in [0.3, 0.4) is 0 Å². The van der Waals surface area contributed by atoms with E-state index in [-0.39, 0.29) is 10.8 Å². The predicted octanol–water partition coefficient (Wildman–Crippen LogP) is 6.47. The smallest absolute Gasteiger partial charge is 0.336 e. The molecule has 0 aromatic heterocycles. The van der Waals surface area contributed by atoms with Gasteiger partial charge in [0, 0.05) is 18.4 Å². The van der Waals surface area contributed by atoms with E-state index in [1.54, 1.807) is 54.8 Å². The zero-order valence-corrected chi connectivity index (χ0v) is 21.3. The number of hydrogen-bond donors (Lipinski definition) is 0. The lowest BCUT2D eigenvalue weighted by Crippen LogP contribution is -2.04. The predicted molar refractivity (Wildman–Crippen MR) is 147 cm³/mol. The minimum Gasteiger partial charge on any atom is -0.494 e. The molecule has 3 aromatic carbocycles. The van der Waals surface area contributed by atoms with E-state index >= 15 is 0 Å². The van der Waals surface area contributed by atoms with Crippen LogP contribution >= 0.6 is 11.6 Å². The van der Waals surface area contributed by atoms with Crippen LogP contribution < -0.4 is 9.47 Å². The van der Waals surface area contributed by atoms with Crippen molar-refractivity contribution < 1.29 is 23.8 Å². The average Bonchev–Trinajstić information content (AvgIpc) is 2.94. The van der Waals surface area contributed by atoms with Gasteiger partial charge < -0.3 is 14.2 Å². The number of esters is 2. The first kappa shape index (κ1) is 27.9. The van der Waals surface area contributed by atoms with Gasteiger partial charge in [0.15, 0.2) is 0 Å². The Hall–Kier alpha value is -4.67. The number of hydrogen-bond acceptors (Lipinski definition) is 7. The van der Waals surface area contributed by atoms with Gasteiger partial charge in [-0.15, -0.1) is 0 Å². The highest BCUT2D eigenvalue weighted by molar-refractivity contribution is 6.32. The maximum atomic E-state index is 12.2. The molecule has 8 heteroatoms. The van der Waals surface area contributed by atoms with E-state index in [0.29, 0.717) is 30.9 Å². The lowest BCUT2D eigenvalue weighted by molar-refractivity contribution is -0.137. The summed E-state index contributed by atoms with van der Waals surface area (Å²) in [4.78, 5) is 27.5. The molecule has 0 aliphatic carbocycles. The second-order valence-corrected chi connectivity index (χ2v) is 8.26. The molecule has 0 saturated heterocycles. The van der Waals surface area contributed by atoms with E-state index in [0.717, 1.165) is 29.4 Å². The van der Waals surface area contributed by atoms with E-state index in [4.69, 9.17) is 31.1 Å². The van der Waals surface area contributed by atoms with Crippen LogP contribution in [-0.4, -0.2) is 31.4 Å². The molecule has 3 aromatic rings. The molecule has 0 aliphatic heterocycles. The molecule has 38 heavy (non-hydrogen) atoms. The second-order valence-electron chi connectivity index (χ2n) is 7.86. The van der Waals surface area contributed by atoms with Crippen LogP contribution in [0.2, 0.25) is 5.02 Å². The van der Waals surface area contributed by atoms with Gasteiger partial charge in [0.1, 0.15) is 11.5 Å². The fourth-order valence-corrected chi connectivity index (χ4v) is 3.27. The van der Waals surface area contributed by atoms with Gasteiger partial charge in [0.05, 0.1) is 35.6 Å². The molecular weight excluding hydrogens is 504 g/mol. The van der Waals surface area contributed by atoms with Gasteiger partial charge in [-0.1, -0.05) is 30.3 Å². The molecule has 0 bridgehead atoms. The van der Waals surface area contributed by atoms with Gasteiger partial charge in [-0.2, -0.15) is 5.26 Å². The first-order valence-electron chi connectivity index (χ1n) is 11.7. The van der Waals surface area contributed by atoms with Crippen LogP contribution in [0, 0.1) is 11.3 Å². The van der Waals surface area contributed by atoms with Gasteiger partial charge in [-0.05, 0) is 84.6 Å². The quantitative estimate of drug-likeness (QED) is 0.0878.